The van der Waals surface area contributed by atoms with Gasteiger partial charge in [0.05, 0.1) is 16.7 Å². The number of hydrogen-bond acceptors (Lipinski definition) is 4. The SMILES string of the molecule is CCOC(=O)/C(C#N)=C/c1ccc(-c2ccc(Cl)c(Cl)c2)o1.O. The topological polar surface area (TPSA) is 94.7 Å². The number of hydrogen-bond donors (Lipinski definition) is 0. The second-order valence-electron chi connectivity index (χ2n) is 4.22. The molecule has 2 N–H and O–H groups in total. The van der Waals surface area contributed by atoms with Crippen molar-refractivity contribution < 1.29 is 19.4 Å². The van der Waals surface area contributed by atoms with Gasteiger partial charge in [0, 0.05) is 11.6 Å². The molecule has 0 spiro atoms. The molecule has 0 aliphatic rings. The van der Waals surface area contributed by atoms with E-state index in [0.29, 0.717) is 21.6 Å². The van der Waals surface area contributed by atoms with Crippen molar-refractivity contribution in [1.82, 2.24) is 0 Å². The van der Waals surface area contributed by atoms with Gasteiger partial charge in [-0.3, -0.25) is 0 Å². The molecule has 0 atom stereocenters. The Morgan fingerprint density at radius 3 is 2.65 bits per heavy atom. The van der Waals surface area contributed by atoms with E-state index in [1.165, 1.54) is 6.08 Å². The number of rotatable bonds is 4. The first kappa shape index (κ1) is 18.8. The molecule has 0 bridgehead atoms. The summed E-state index contributed by atoms with van der Waals surface area (Å²) >= 11 is 11.8. The molecule has 2 rings (SSSR count). The first-order chi connectivity index (χ1) is 10.5. The molecule has 1 aromatic heterocycles. The monoisotopic (exact) mass is 353 g/mol. The van der Waals surface area contributed by atoms with Crippen LogP contribution in [0.25, 0.3) is 17.4 Å². The van der Waals surface area contributed by atoms with Gasteiger partial charge in [0.1, 0.15) is 23.2 Å². The molecular weight excluding hydrogens is 341 g/mol. The molecule has 7 heteroatoms. The summed E-state index contributed by atoms with van der Waals surface area (Å²) in [4.78, 5) is 11.6. The number of nitriles is 1. The number of nitrogens with zero attached hydrogens (tertiary/aromatic N) is 1. The largest absolute Gasteiger partial charge is 0.462 e. The molecule has 0 unspecified atom stereocenters. The normalized spacial score (nSPS) is 10.6. The molecule has 1 heterocycles. The molecule has 0 saturated carbocycles. The molecule has 0 aliphatic carbocycles. The number of carbonyl (C=O) groups is 1. The summed E-state index contributed by atoms with van der Waals surface area (Å²) in [6.07, 6.45) is 1.33. The smallest absolute Gasteiger partial charge is 0.349 e. The second-order valence-corrected chi connectivity index (χ2v) is 5.04. The van der Waals surface area contributed by atoms with Crippen LogP contribution >= 0.6 is 23.2 Å². The maximum Gasteiger partial charge on any atom is 0.349 e. The first-order valence-electron chi connectivity index (χ1n) is 6.39. The minimum absolute atomic E-state index is 0. The fourth-order valence-corrected chi connectivity index (χ4v) is 2.02. The summed E-state index contributed by atoms with van der Waals surface area (Å²) in [5, 5.41) is 9.85. The van der Waals surface area contributed by atoms with Crippen molar-refractivity contribution in [1.29, 1.82) is 5.26 Å². The van der Waals surface area contributed by atoms with Crippen molar-refractivity contribution in [3.05, 3.63) is 51.7 Å². The van der Waals surface area contributed by atoms with Gasteiger partial charge in [-0.15, -0.1) is 0 Å². The van der Waals surface area contributed by atoms with E-state index in [4.69, 9.17) is 37.6 Å². The zero-order chi connectivity index (χ0) is 16.1. The molecule has 0 aliphatic heterocycles. The van der Waals surface area contributed by atoms with Crippen LogP contribution in [0.5, 0.6) is 0 Å². The van der Waals surface area contributed by atoms with Crippen LogP contribution in [0.3, 0.4) is 0 Å². The average molecular weight is 354 g/mol. The van der Waals surface area contributed by atoms with Gasteiger partial charge in [-0.2, -0.15) is 5.26 Å². The van der Waals surface area contributed by atoms with Crippen molar-refractivity contribution >= 4 is 35.2 Å². The lowest BCUT2D eigenvalue weighted by Gasteiger charge is -2.00. The fraction of sp³-hybridized carbons (Fsp3) is 0.125. The summed E-state index contributed by atoms with van der Waals surface area (Å²) in [6.45, 7) is 1.87. The van der Waals surface area contributed by atoms with Gasteiger partial charge in [0.2, 0.25) is 0 Å². The van der Waals surface area contributed by atoms with E-state index in [1.807, 2.05) is 0 Å². The van der Waals surface area contributed by atoms with Crippen LogP contribution in [0.15, 0.2) is 40.3 Å². The first-order valence-corrected chi connectivity index (χ1v) is 7.15. The summed E-state index contributed by atoms with van der Waals surface area (Å²) in [5.41, 5.74) is 0.612. The Labute approximate surface area is 143 Å². The number of esters is 1. The van der Waals surface area contributed by atoms with E-state index >= 15 is 0 Å². The second kappa shape index (κ2) is 8.39. The molecule has 0 radical (unpaired) electrons. The standard InChI is InChI=1S/C16H11Cl2NO3.H2O/c1-2-21-16(20)11(9-19)7-12-4-6-15(22-12)10-3-5-13(17)14(18)8-10;/h3-8H,2H2,1H3;1H2/b11-7+;. The van der Waals surface area contributed by atoms with Crippen molar-refractivity contribution in [2.45, 2.75) is 6.92 Å². The van der Waals surface area contributed by atoms with Crippen molar-refractivity contribution in [2.24, 2.45) is 0 Å². The summed E-state index contributed by atoms with van der Waals surface area (Å²) in [6, 6.07) is 10.2. The molecule has 120 valence electrons. The van der Waals surface area contributed by atoms with E-state index in [1.54, 1.807) is 43.3 Å². The lowest BCUT2D eigenvalue weighted by molar-refractivity contribution is -0.137. The van der Waals surface area contributed by atoms with Crippen LogP contribution < -0.4 is 0 Å². The van der Waals surface area contributed by atoms with Crippen molar-refractivity contribution in [2.75, 3.05) is 6.61 Å². The minimum atomic E-state index is -0.683. The average Bonchev–Trinajstić information content (AvgIpc) is 2.96. The minimum Gasteiger partial charge on any atom is -0.462 e. The van der Waals surface area contributed by atoms with Crippen LogP contribution in [0.4, 0.5) is 0 Å². The van der Waals surface area contributed by atoms with E-state index in [0.717, 1.165) is 5.56 Å². The number of carbonyl (C=O) groups excluding carboxylic acids is 1. The predicted octanol–water partition coefficient (Wildman–Crippen LogP) is 3.90. The molecule has 0 fully saturated rings. The van der Waals surface area contributed by atoms with E-state index < -0.39 is 5.97 Å². The third-order valence-electron chi connectivity index (χ3n) is 2.73. The highest BCUT2D eigenvalue weighted by Gasteiger charge is 2.12. The maximum atomic E-state index is 11.6. The van der Waals surface area contributed by atoms with Gasteiger partial charge in [0.15, 0.2) is 0 Å². The van der Waals surface area contributed by atoms with Crippen molar-refractivity contribution in [3.63, 3.8) is 0 Å². The predicted molar refractivity (Wildman–Crippen MR) is 88.0 cm³/mol. The van der Waals surface area contributed by atoms with E-state index in [2.05, 4.69) is 0 Å². The van der Waals surface area contributed by atoms with Crippen LogP contribution in [-0.2, 0) is 9.53 Å². The van der Waals surface area contributed by atoms with Crippen molar-refractivity contribution in [3.8, 4) is 17.4 Å². The molecule has 0 amide bonds. The zero-order valence-corrected chi connectivity index (χ0v) is 13.6. The van der Waals surface area contributed by atoms with Crippen LogP contribution in [0.2, 0.25) is 10.0 Å². The number of benzene rings is 1. The number of ether oxygens (including phenoxy) is 1. The summed E-state index contributed by atoms with van der Waals surface area (Å²) in [7, 11) is 0. The van der Waals surface area contributed by atoms with Gasteiger partial charge in [-0.05, 0) is 37.3 Å². The third kappa shape index (κ3) is 4.60. The van der Waals surface area contributed by atoms with Gasteiger partial charge in [-0.1, -0.05) is 23.2 Å². The van der Waals surface area contributed by atoms with Gasteiger partial charge >= 0.3 is 5.97 Å². The Morgan fingerprint density at radius 2 is 2.04 bits per heavy atom. The Balaban J connectivity index is 0.00000264. The lowest BCUT2D eigenvalue weighted by Crippen LogP contribution is -2.05. The highest BCUT2D eigenvalue weighted by molar-refractivity contribution is 6.42. The fourth-order valence-electron chi connectivity index (χ4n) is 1.72. The molecule has 2 aromatic rings. The Kier molecular flexibility index (Phi) is 6.86. The number of furan rings is 1. The molecule has 0 saturated heterocycles. The van der Waals surface area contributed by atoms with E-state index in [-0.39, 0.29) is 17.7 Å². The van der Waals surface area contributed by atoms with Gasteiger partial charge in [0.25, 0.3) is 0 Å². The summed E-state index contributed by atoms with van der Waals surface area (Å²) in [5.74, 6) is 0.231. The Bertz CT molecular complexity index is 775. The Morgan fingerprint density at radius 1 is 1.30 bits per heavy atom. The maximum absolute atomic E-state index is 11.6. The third-order valence-corrected chi connectivity index (χ3v) is 3.47. The molecule has 23 heavy (non-hydrogen) atoms. The number of halogens is 2. The quantitative estimate of drug-likeness (QED) is 0.473. The molecule has 1 aromatic carbocycles. The highest BCUT2D eigenvalue weighted by atomic mass is 35.5. The zero-order valence-electron chi connectivity index (χ0n) is 12.1. The summed E-state index contributed by atoms with van der Waals surface area (Å²) < 4.78 is 10.4. The van der Waals surface area contributed by atoms with E-state index in [9.17, 15) is 4.79 Å². The van der Waals surface area contributed by atoms with Gasteiger partial charge < -0.3 is 14.6 Å². The molecule has 5 nitrogen and oxygen atoms in total. The van der Waals surface area contributed by atoms with Crippen LogP contribution in [0, 0.1) is 11.3 Å². The van der Waals surface area contributed by atoms with Crippen LogP contribution in [-0.4, -0.2) is 18.1 Å². The van der Waals surface area contributed by atoms with Gasteiger partial charge in [-0.25, -0.2) is 4.79 Å². The highest BCUT2D eigenvalue weighted by Crippen LogP contribution is 2.30. The van der Waals surface area contributed by atoms with Crippen LogP contribution in [0.1, 0.15) is 12.7 Å². The molecular formula is C16H13Cl2NO4. The Hall–Kier alpha value is -2.26. The lowest BCUT2D eigenvalue weighted by atomic mass is 10.2.